The molecule has 2 heterocycles. The third-order valence-electron chi connectivity index (χ3n) is 6.86. The zero-order chi connectivity index (χ0) is 15.9. The van der Waals surface area contributed by atoms with E-state index in [1.165, 1.54) is 12.5 Å². The molecule has 2 saturated heterocycles. The van der Waals surface area contributed by atoms with Crippen molar-refractivity contribution >= 4 is 5.97 Å². The number of esters is 1. The van der Waals surface area contributed by atoms with Gasteiger partial charge in [0.05, 0.1) is 12.7 Å². The second kappa shape index (κ2) is 4.13. The van der Waals surface area contributed by atoms with E-state index in [0.29, 0.717) is 6.61 Å². The Morgan fingerprint density at radius 3 is 2.73 bits per heavy atom. The summed E-state index contributed by atoms with van der Waals surface area (Å²) in [5.41, 5.74) is 0.126. The number of hydrogen-bond donors (Lipinski definition) is 1. The maximum atomic E-state index is 11.6. The number of aliphatic hydroxyl groups excluding tert-OH is 1. The number of hydrogen-bond acceptors (Lipinski definition) is 5. The summed E-state index contributed by atoms with van der Waals surface area (Å²) < 4.78 is 17.7. The Hall–Kier alpha value is -0.910. The van der Waals surface area contributed by atoms with Crippen molar-refractivity contribution in [3.8, 4) is 0 Å². The smallest absolute Gasteiger partial charge is 0.303 e. The molecule has 0 aromatic carbocycles. The van der Waals surface area contributed by atoms with Gasteiger partial charge >= 0.3 is 5.97 Å². The van der Waals surface area contributed by atoms with Crippen LogP contribution in [0.2, 0.25) is 0 Å². The first kappa shape index (κ1) is 14.7. The molecule has 5 nitrogen and oxygen atoms in total. The monoisotopic (exact) mass is 308 g/mol. The summed E-state index contributed by atoms with van der Waals surface area (Å²) in [4.78, 5) is 11.6. The number of fused-ring (bicyclic) bond motifs is 2. The van der Waals surface area contributed by atoms with E-state index in [4.69, 9.17) is 14.2 Å². The fraction of sp³-hybridized carbons (Fsp3) is 0.824. The number of allylic oxidation sites excluding steroid dienone is 1. The van der Waals surface area contributed by atoms with Crippen LogP contribution in [0, 0.1) is 10.8 Å². The summed E-state index contributed by atoms with van der Waals surface area (Å²) in [6, 6.07) is 0. The minimum Gasteiger partial charge on any atom is -0.459 e. The van der Waals surface area contributed by atoms with E-state index < -0.39 is 29.3 Å². The Morgan fingerprint density at radius 1 is 1.45 bits per heavy atom. The fourth-order valence-electron chi connectivity index (χ4n) is 5.25. The first-order valence-electron chi connectivity index (χ1n) is 8.08. The predicted octanol–water partition coefficient (Wildman–Crippen LogP) is 1.58. The minimum absolute atomic E-state index is 0.0683. The molecule has 4 rings (SSSR count). The molecule has 2 aliphatic carbocycles. The average molecular weight is 308 g/mol. The van der Waals surface area contributed by atoms with Crippen molar-refractivity contribution in [2.45, 2.75) is 70.6 Å². The van der Waals surface area contributed by atoms with Crippen LogP contribution in [-0.4, -0.2) is 47.7 Å². The minimum atomic E-state index is -0.840. The van der Waals surface area contributed by atoms with Gasteiger partial charge in [0.25, 0.3) is 0 Å². The summed E-state index contributed by atoms with van der Waals surface area (Å²) in [5.74, 6) is -0.365. The van der Waals surface area contributed by atoms with Crippen LogP contribution in [0.1, 0.15) is 40.5 Å². The molecule has 1 saturated carbocycles. The lowest BCUT2D eigenvalue weighted by Crippen LogP contribution is -2.63. The number of epoxide rings is 1. The average Bonchev–Trinajstić information content (AvgIpc) is 3.22. The van der Waals surface area contributed by atoms with E-state index in [1.807, 2.05) is 0 Å². The highest BCUT2D eigenvalue weighted by Crippen LogP contribution is 2.71. The van der Waals surface area contributed by atoms with Crippen molar-refractivity contribution in [3.05, 3.63) is 11.6 Å². The van der Waals surface area contributed by atoms with Crippen LogP contribution < -0.4 is 0 Å². The quantitative estimate of drug-likeness (QED) is 0.452. The maximum Gasteiger partial charge on any atom is 0.303 e. The van der Waals surface area contributed by atoms with Gasteiger partial charge in [-0.1, -0.05) is 25.5 Å². The Bertz CT molecular complexity index is 565. The molecular weight excluding hydrogens is 284 g/mol. The van der Waals surface area contributed by atoms with Crippen LogP contribution in [0.15, 0.2) is 11.6 Å². The second-order valence-electron chi connectivity index (χ2n) is 7.81. The Labute approximate surface area is 130 Å². The first-order chi connectivity index (χ1) is 10.3. The zero-order valence-electron chi connectivity index (χ0n) is 13.6. The lowest BCUT2D eigenvalue weighted by molar-refractivity contribution is -0.210. The lowest BCUT2D eigenvalue weighted by Gasteiger charge is -2.57. The van der Waals surface area contributed by atoms with Gasteiger partial charge < -0.3 is 19.3 Å². The molecule has 1 spiro atoms. The molecule has 1 N–H and O–H groups in total. The summed E-state index contributed by atoms with van der Waals surface area (Å²) in [5, 5.41) is 10.8. The van der Waals surface area contributed by atoms with Crippen molar-refractivity contribution in [1.29, 1.82) is 0 Å². The van der Waals surface area contributed by atoms with Crippen LogP contribution in [0.5, 0.6) is 0 Å². The van der Waals surface area contributed by atoms with Crippen molar-refractivity contribution in [3.63, 3.8) is 0 Å². The molecule has 22 heavy (non-hydrogen) atoms. The van der Waals surface area contributed by atoms with Crippen molar-refractivity contribution in [1.82, 2.24) is 0 Å². The van der Waals surface area contributed by atoms with Crippen LogP contribution in [-0.2, 0) is 19.0 Å². The van der Waals surface area contributed by atoms with Crippen LogP contribution >= 0.6 is 0 Å². The first-order valence-corrected chi connectivity index (χ1v) is 8.08. The van der Waals surface area contributed by atoms with Gasteiger partial charge in [-0.05, 0) is 19.8 Å². The lowest BCUT2D eigenvalue weighted by atomic mass is 9.52. The Morgan fingerprint density at radius 2 is 2.14 bits per heavy atom. The molecule has 0 amide bonds. The van der Waals surface area contributed by atoms with E-state index in [9.17, 15) is 9.90 Å². The van der Waals surface area contributed by atoms with Crippen molar-refractivity contribution < 1.29 is 24.1 Å². The normalized spacial score (nSPS) is 55.6. The highest BCUT2D eigenvalue weighted by molar-refractivity contribution is 5.66. The number of rotatable bonds is 1. The molecule has 2 bridgehead atoms. The molecule has 0 aromatic rings. The van der Waals surface area contributed by atoms with E-state index in [2.05, 4.69) is 26.8 Å². The molecule has 0 radical (unpaired) electrons. The fourth-order valence-corrected chi connectivity index (χ4v) is 5.25. The Balaban J connectivity index is 1.86. The topological polar surface area (TPSA) is 68.3 Å². The molecule has 0 aromatic heterocycles. The van der Waals surface area contributed by atoms with E-state index >= 15 is 0 Å². The third-order valence-corrected chi connectivity index (χ3v) is 6.86. The molecule has 2 aliphatic heterocycles. The summed E-state index contributed by atoms with van der Waals surface area (Å²) in [7, 11) is 0. The molecule has 5 heteroatoms. The maximum absolute atomic E-state index is 11.6. The van der Waals surface area contributed by atoms with Gasteiger partial charge in [0, 0.05) is 17.8 Å². The van der Waals surface area contributed by atoms with Gasteiger partial charge in [-0.2, -0.15) is 0 Å². The van der Waals surface area contributed by atoms with Crippen molar-refractivity contribution in [2.24, 2.45) is 10.8 Å². The van der Waals surface area contributed by atoms with E-state index in [0.717, 1.165) is 12.8 Å². The van der Waals surface area contributed by atoms with Crippen LogP contribution in [0.3, 0.4) is 0 Å². The van der Waals surface area contributed by atoms with Gasteiger partial charge in [-0.3, -0.25) is 4.79 Å². The number of carbonyl (C=O) groups excluding carboxylic acids is 1. The number of ether oxygens (including phenoxy) is 3. The number of carbonyl (C=O) groups is 1. The molecule has 7 atom stereocenters. The summed E-state index contributed by atoms with van der Waals surface area (Å²) in [6.45, 7) is 8.37. The molecular formula is C17H24O5. The summed E-state index contributed by atoms with van der Waals surface area (Å²) >= 11 is 0. The van der Waals surface area contributed by atoms with E-state index in [-0.39, 0.29) is 17.5 Å². The molecule has 122 valence electrons. The third kappa shape index (κ3) is 1.43. The van der Waals surface area contributed by atoms with Gasteiger partial charge in [0.2, 0.25) is 0 Å². The number of aliphatic hydroxyl groups is 1. The zero-order valence-corrected chi connectivity index (χ0v) is 13.6. The van der Waals surface area contributed by atoms with Gasteiger partial charge in [-0.25, -0.2) is 0 Å². The van der Waals surface area contributed by atoms with Gasteiger partial charge in [0.1, 0.15) is 23.9 Å². The Kier molecular flexibility index (Phi) is 2.76. The molecule has 0 unspecified atom stereocenters. The standard InChI is InChI=1S/C17H24O5/c1-9-5-6-15(3)11(7-9)22-14-12(19)13(21-10(2)18)16(15,4)17(14)8-20-17/h7,11-14,19H,5-6,8H2,1-4H3/t11-,12-,13-,14-,15+,16-,17+/m1/s1. The van der Waals surface area contributed by atoms with Crippen molar-refractivity contribution in [2.75, 3.05) is 6.61 Å². The second-order valence-corrected chi connectivity index (χ2v) is 7.81. The highest BCUT2D eigenvalue weighted by Gasteiger charge is 2.84. The predicted molar refractivity (Wildman–Crippen MR) is 78.1 cm³/mol. The SMILES string of the molecule is CC(=O)O[C@@H]1[C@@H](O)[C@H]2O[C@@H]3C=C(C)CC[C@]3(C)[C@]1(C)[C@]21CO1. The van der Waals surface area contributed by atoms with Gasteiger partial charge in [-0.15, -0.1) is 0 Å². The van der Waals surface area contributed by atoms with Crippen LogP contribution in [0.25, 0.3) is 0 Å². The van der Waals surface area contributed by atoms with Gasteiger partial charge in [0.15, 0.2) is 0 Å². The summed E-state index contributed by atoms with van der Waals surface area (Å²) in [6.07, 6.45) is 2.19. The highest BCUT2D eigenvalue weighted by atomic mass is 16.6. The molecule has 4 aliphatic rings. The largest absolute Gasteiger partial charge is 0.459 e. The van der Waals surface area contributed by atoms with E-state index in [1.54, 1.807) is 0 Å². The molecule has 3 fully saturated rings. The van der Waals surface area contributed by atoms with Crippen LogP contribution in [0.4, 0.5) is 0 Å².